The van der Waals surface area contributed by atoms with Crippen molar-refractivity contribution in [3.8, 4) is 0 Å². The van der Waals surface area contributed by atoms with Gasteiger partial charge in [0, 0.05) is 6.42 Å². The van der Waals surface area contributed by atoms with Gasteiger partial charge in [0.15, 0.2) is 0 Å². The van der Waals surface area contributed by atoms with Crippen LogP contribution in [0.25, 0.3) is 0 Å². The fraction of sp³-hybridized carbons (Fsp3) is 0.562. The predicted octanol–water partition coefficient (Wildman–Crippen LogP) is 2.54. The molecule has 1 aliphatic rings. The van der Waals surface area contributed by atoms with Gasteiger partial charge in [-0.3, -0.25) is 4.79 Å². The van der Waals surface area contributed by atoms with Gasteiger partial charge in [-0.2, -0.15) is 0 Å². The van der Waals surface area contributed by atoms with Crippen LogP contribution in [0.1, 0.15) is 37.9 Å². The molecule has 1 aromatic carbocycles. The molecule has 0 heterocycles. The van der Waals surface area contributed by atoms with Crippen molar-refractivity contribution in [3.05, 3.63) is 35.4 Å². The molecule has 0 radical (unpaired) electrons. The van der Waals surface area contributed by atoms with E-state index in [0.29, 0.717) is 6.42 Å². The maximum absolute atomic E-state index is 12.4. The second-order valence-electron chi connectivity index (χ2n) is 5.58. The maximum atomic E-state index is 12.4. The first-order chi connectivity index (χ1) is 9.54. The zero-order valence-corrected chi connectivity index (χ0v) is 13.1. The summed E-state index contributed by atoms with van der Waals surface area (Å²) in [6.45, 7) is 6.19. The third-order valence-corrected chi connectivity index (χ3v) is 5.16. The fourth-order valence-corrected chi connectivity index (χ4v) is 3.70. The predicted molar refractivity (Wildman–Crippen MR) is 83.8 cm³/mol. The van der Waals surface area contributed by atoms with E-state index in [1.807, 2.05) is 24.3 Å². The van der Waals surface area contributed by atoms with Crippen molar-refractivity contribution < 1.29 is 9.90 Å². The van der Waals surface area contributed by atoms with Crippen molar-refractivity contribution in [1.82, 2.24) is 5.32 Å². The quantitative estimate of drug-likeness (QED) is 0.877. The molecule has 0 fully saturated rings. The van der Waals surface area contributed by atoms with Crippen LogP contribution in [-0.2, 0) is 11.2 Å². The highest BCUT2D eigenvalue weighted by Crippen LogP contribution is 2.32. The second kappa shape index (κ2) is 6.64. The standard InChI is InChI=1S/C16H23NO2S/c1-4-20-15(10(2)3)16(19)17-14-12-8-6-5-7-11(12)9-13(14)18/h5-8,10,13-15,18H,4,9H2,1-3H3,(H,17,19)/t13-,14-,15+/m1/s1. The third kappa shape index (κ3) is 3.18. The number of benzene rings is 1. The lowest BCUT2D eigenvalue weighted by Gasteiger charge is -2.24. The minimum Gasteiger partial charge on any atom is -0.390 e. The molecule has 4 heteroatoms. The van der Waals surface area contributed by atoms with Crippen LogP contribution < -0.4 is 5.32 Å². The van der Waals surface area contributed by atoms with Gasteiger partial charge in [0.25, 0.3) is 0 Å². The molecule has 2 N–H and O–H groups in total. The number of aliphatic hydroxyl groups excluding tert-OH is 1. The average molecular weight is 293 g/mol. The lowest BCUT2D eigenvalue weighted by molar-refractivity contribution is -0.122. The molecule has 3 nitrogen and oxygen atoms in total. The first-order valence-corrected chi connectivity index (χ1v) is 8.27. The molecule has 1 amide bonds. The van der Waals surface area contributed by atoms with Crippen LogP contribution in [0.5, 0.6) is 0 Å². The summed E-state index contributed by atoms with van der Waals surface area (Å²) in [4.78, 5) is 12.4. The second-order valence-corrected chi connectivity index (χ2v) is 7.00. The summed E-state index contributed by atoms with van der Waals surface area (Å²) in [5.41, 5.74) is 2.19. The monoisotopic (exact) mass is 293 g/mol. The van der Waals surface area contributed by atoms with Crippen molar-refractivity contribution in [2.45, 2.75) is 44.6 Å². The molecule has 1 aliphatic carbocycles. The Bertz CT molecular complexity index is 475. The van der Waals surface area contributed by atoms with Gasteiger partial charge >= 0.3 is 0 Å². The van der Waals surface area contributed by atoms with Crippen LogP contribution in [0.3, 0.4) is 0 Å². The molecule has 0 saturated carbocycles. The number of thioether (sulfide) groups is 1. The van der Waals surface area contributed by atoms with Gasteiger partial charge in [-0.05, 0) is 22.8 Å². The van der Waals surface area contributed by atoms with E-state index < -0.39 is 6.10 Å². The van der Waals surface area contributed by atoms with Crippen LogP contribution in [0.15, 0.2) is 24.3 Å². The number of fused-ring (bicyclic) bond motifs is 1. The zero-order valence-electron chi connectivity index (χ0n) is 12.3. The third-order valence-electron chi connectivity index (χ3n) is 3.71. The Balaban J connectivity index is 2.11. The van der Waals surface area contributed by atoms with Crippen LogP contribution in [0.2, 0.25) is 0 Å². The van der Waals surface area contributed by atoms with E-state index in [1.54, 1.807) is 11.8 Å². The van der Waals surface area contributed by atoms with Crippen LogP contribution >= 0.6 is 11.8 Å². The van der Waals surface area contributed by atoms with Gasteiger partial charge in [0.05, 0.1) is 17.4 Å². The Morgan fingerprint density at radius 1 is 1.45 bits per heavy atom. The number of rotatable bonds is 5. The molecular formula is C16H23NO2S. The lowest BCUT2D eigenvalue weighted by Crippen LogP contribution is -2.41. The van der Waals surface area contributed by atoms with Crippen molar-refractivity contribution >= 4 is 17.7 Å². The minimum absolute atomic E-state index is 0.0348. The van der Waals surface area contributed by atoms with Crippen LogP contribution in [0.4, 0.5) is 0 Å². The van der Waals surface area contributed by atoms with Gasteiger partial charge in [-0.25, -0.2) is 0 Å². The SMILES string of the molecule is CCS[C@H](C(=O)N[C@@H]1c2ccccc2C[C@H]1O)C(C)C. The fourth-order valence-electron chi connectivity index (χ4n) is 2.73. The molecule has 1 aromatic rings. The summed E-state index contributed by atoms with van der Waals surface area (Å²) >= 11 is 1.66. The van der Waals surface area contributed by atoms with Gasteiger partial charge in [-0.1, -0.05) is 45.0 Å². The molecule has 2 rings (SSSR count). The van der Waals surface area contributed by atoms with Crippen molar-refractivity contribution in [3.63, 3.8) is 0 Å². The molecule has 110 valence electrons. The average Bonchev–Trinajstić information content (AvgIpc) is 2.72. The molecule has 20 heavy (non-hydrogen) atoms. The summed E-state index contributed by atoms with van der Waals surface area (Å²) in [5.74, 6) is 1.24. The molecule has 0 unspecified atom stereocenters. The number of hydrogen-bond donors (Lipinski definition) is 2. The van der Waals surface area contributed by atoms with Gasteiger partial charge in [0.2, 0.25) is 5.91 Å². The molecular weight excluding hydrogens is 270 g/mol. The highest BCUT2D eigenvalue weighted by molar-refractivity contribution is 8.00. The smallest absolute Gasteiger partial charge is 0.233 e. The molecule has 0 spiro atoms. The van der Waals surface area contributed by atoms with E-state index in [1.165, 1.54) is 0 Å². The molecule has 0 saturated heterocycles. The van der Waals surface area contributed by atoms with E-state index in [-0.39, 0.29) is 23.1 Å². The first kappa shape index (κ1) is 15.4. The number of carbonyl (C=O) groups excluding carboxylic acids is 1. The van der Waals surface area contributed by atoms with E-state index in [4.69, 9.17) is 0 Å². The molecule has 3 atom stereocenters. The normalized spacial score (nSPS) is 22.6. The molecule has 0 aliphatic heterocycles. The van der Waals surface area contributed by atoms with Crippen LogP contribution in [-0.4, -0.2) is 28.1 Å². The van der Waals surface area contributed by atoms with E-state index in [9.17, 15) is 9.90 Å². The first-order valence-electron chi connectivity index (χ1n) is 7.22. The summed E-state index contributed by atoms with van der Waals surface area (Å²) in [5, 5.41) is 13.2. The molecule has 0 aromatic heterocycles. The Morgan fingerprint density at radius 2 is 2.15 bits per heavy atom. The van der Waals surface area contributed by atoms with Crippen molar-refractivity contribution in [2.75, 3.05) is 5.75 Å². The largest absolute Gasteiger partial charge is 0.390 e. The maximum Gasteiger partial charge on any atom is 0.233 e. The Morgan fingerprint density at radius 3 is 2.80 bits per heavy atom. The Labute approximate surface area is 125 Å². The Hall–Kier alpha value is -1.00. The van der Waals surface area contributed by atoms with Crippen molar-refractivity contribution in [1.29, 1.82) is 0 Å². The van der Waals surface area contributed by atoms with E-state index >= 15 is 0 Å². The van der Waals surface area contributed by atoms with E-state index in [2.05, 4.69) is 26.1 Å². The van der Waals surface area contributed by atoms with Crippen LogP contribution in [0, 0.1) is 5.92 Å². The Kier molecular flexibility index (Phi) is 5.11. The highest BCUT2D eigenvalue weighted by atomic mass is 32.2. The topological polar surface area (TPSA) is 49.3 Å². The number of hydrogen-bond acceptors (Lipinski definition) is 3. The van der Waals surface area contributed by atoms with Gasteiger partial charge < -0.3 is 10.4 Å². The van der Waals surface area contributed by atoms with E-state index in [0.717, 1.165) is 16.9 Å². The van der Waals surface area contributed by atoms with Gasteiger partial charge in [-0.15, -0.1) is 11.8 Å². The minimum atomic E-state index is -0.518. The summed E-state index contributed by atoms with van der Waals surface area (Å²) in [7, 11) is 0. The summed E-state index contributed by atoms with van der Waals surface area (Å²) in [6.07, 6.45) is 0.102. The number of nitrogens with one attached hydrogen (secondary N) is 1. The lowest BCUT2D eigenvalue weighted by atomic mass is 10.1. The summed E-state index contributed by atoms with van der Waals surface area (Å²) in [6, 6.07) is 7.67. The molecule has 0 bridgehead atoms. The summed E-state index contributed by atoms with van der Waals surface area (Å²) < 4.78 is 0. The number of amides is 1. The highest BCUT2D eigenvalue weighted by Gasteiger charge is 2.34. The zero-order chi connectivity index (χ0) is 14.7. The van der Waals surface area contributed by atoms with Crippen molar-refractivity contribution in [2.24, 2.45) is 5.92 Å². The number of carbonyl (C=O) groups is 1. The number of aliphatic hydroxyl groups is 1. The van der Waals surface area contributed by atoms with Gasteiger partial charge in [0.1, 0.15) is 0 Å².